The maximum Gasteiger partial charge on any atom is 0.441 e. The number of ether oxygens (including phenoxy) is 1. The molecule has 6 nitrogen and oxygen atoms in total. The van der Waals surface area contributed by atoms with Crippen LogP contribution in [0.2, 0.25) is 0 Å². The Hall–Kier alpha value is -3.27. The first-order valence-corrected chi connectivity index (χ1v) is 11.2. The van der Waals surface area contributed by atoms with Crippen LogP contribution in [-0.2, 0) is 28.5 Å². The molecule has 0 saturated heterocycles. The first kappa shape index (κ1) is 26.3. The number of aryl methyl sites for hydroxylation is 1. The summed E-state index contributed by atoms with van der Waals surface area (Å²) < 4.78 is 87.1. The van der Waals surface area contributed by atoms with Gasteiger partial charge < -0.3 is 15.4 Å². The highest BCUT2D eigenvalue weighted by Gasteiger charge is 2.64. The van der Waals surface area contributed by atoms with Gasteiger partial charge in [-0.3, -0.25) is 4.79 Å². The van der Waals surface area contributed by atoms with Gasteiger partial charge in [-0.2, -0.15) is 31.6 Å². The Balaban J connectivity index is 2.10. The molecular formula is C22H19F6N3O3S. The predicted octanol–water partition coefficient (Wildman–Crippen LogP) is 5.18. The summed E-state index contributed by atoms with van der Waals surface area (Å²) in [6, 6.07) is 4.59. The molecule has 0 radical (unpaired) electrons. The van der Waals surface area contributed by atoms with E-state index in [1.165, 1.54) is 12.2 Å². The molecule has 0 spiro atoms. The highest BCUT2D eigenvalue weighted by atomic mass is 32.1. The van der Waals surface area contributed by atoms with E-state index in [4.69, 9.17) is 0 Å². The molecule has 1 atom stereocenters. The van der Waals surface area contributed by atoms with Gasteiger partial charge in [-0.05, 0) is 56.4 Å². The van der Waals surface area contributed by atoms with Gasteiger partial charge in [-0.15, -0.1) is 11.3 Å². The molecule has 0 fully saturated rings. The topological polar surface area (TPSA) is 91.2 Å². The molecule has 0 aliphatic heterocycles. The summed E-state index contributed by atoms with van der Waals surface area (Å²) in [6.07, 6.45) is -7.86. The number of hydrogen-bond acceptors (Lipinski definition) is 6. The normalized spacial score (nSPS) is 15.4. The molecule has 2 aromatic rings. The number of benzene rings is 1. The minimum atomic E-state index is -5.51. The van der Waals surface area contributed by atoms with Crippen molar-refractivity contribution in [3.8, 4) is 6.07 Å². The highest BCUT2D eigenvalue weighted by Crippen LogP contribution is 2.42. The lowest BCUT2D eigenvalue weighted by atomic mass is 9.96. The van der Waals surface area contributed by atoms with Crippen molar-refractivity contribution in [2.75, 3.05) is 11.9 Å². The van der Waals surface area contributed by atoms with Crippen LogP contribution in [0.3, 0.4) is 0 Å². The van der Waals surface area contributed by atoms with Gasteiger partial charge in [0.1, 0.15) is 11.1 Å². The van der Waals surface area contributed by atoms with Crippen LogP contribution in [0.4, 0.5) is 31.3 Å². The van der Waals surface area contributed by atoms with Crippen LogP contribution in [0.1, 0.15) is 51.7 Å². The Morgan fingerprint density at radius 1 is 1.14 bits per heavy atom. The smallest absolute Gasteiger partial charge is 0.441 e. The van der Waals surface area contributed by atoms with Crippen molar-refractivity contribution < 1.29 is 40.7 Å². The third kappa shape index (κ3) is 5.22. The van der Waals surface area contributed by atoms with Crippen LogP contribution < -0.4 is 10.6 Å². The number of thiophene rings is 1. The molecular weight excluding hydrogens is 500 g/mol. The van der Waals surface area contributed by atoms with E-state index in [-0.39, 0.29) is 10.6 Å². The summed E-state index contributed by atoms with van der Waals surface area (Å²) in [5, 5.41) is 12.8. The van der Waals surface area contributed by atoms with E-state index in [1.807, 2.05) is 11.4 Å². The second kappa shape index (κ2) is 9.77. The molecule has 0 bridgehead atoms. The molecule has 188 valence electrons. The van der Waals surface area contributed by atoms with Gasteiger partial charge in [0.25, 0.3) is 5.91 Å². The minimum Gasteiger partial charge on any atom is -0.463 e. The lowest BCUT2D eigenvalue weighted by Crippen LogP contribution is -2.69. The molecule has 1 aliphatic carbocycles. The first-order chi connectivity index (χ1) is 16.3. The second-order valence-corrected chi connectivity index (χ2v) is 8.76. The number of esters is 1. The molecule has 1 aromatic carbocycles. The third-order valence-electron chi connectivity index (χ3n) is 5.34. The highest BCUT2D eigenvalue weighted by molar-refractivity contribution is 7.16. The Kier molecular flexibility index (Phi) is 7.35. The number of nitrogens with zero attached hydrogens (tertiary/aromatic N) is 1. The largest absolute Gasteiger partial charge is 0.463 e. The fourth-order valence-electron chi connectivity index (χ4n) is 3.65. The van der Waals surface area contributed by atoms with Crippen molar-refractivity contribution in [1.82, 2.24) is 5.32 Å². The van der Waals surface area contributed by atoms with E-state index >= 15 is 0 Å². The van der Waals surface area contributed by atoms with Crippen molar-refractivity contribution >= 4 is 28.2 Å². The number of carbonyl (C=O) groups excluding carboxylic acids is 2. The molecule has 2 N–H and O–H groups in total. The summed E-state index contributed by atoms with van der Waals surface area (Å²) >= 11 is 0.852. The number of hydrogen-bond donors (Lipinski definition) is 2. The Bertz CT molecular complexity index is 1170. The van der Waals surface area contributed by atoms with Crippen LogP contribution in [0.25, 0.3) is 0 Å². The Labute approximate surface area is 199 Å². The minimum absolute atomic E-state index is 0.0871. The summed E-state index contributed by atoms with van der Waals surface area (Å²) in [5.74, 6) is -3.53. The number of anilines is 1. The zero-order chi connectivity index (χ0) is 26.0. The first-order valence-electron chi connectivity index (χ1n) is 10.4. The Morgan fingerprint density at radius 3 is 2.43 bits per heavy atom. The van der Waals surface area contributed by atoms with Crippen molar-refractivity contribution in [2.24, 2.45) is 0 Å². The van der Waals surface area contributed by atoms with Gasteiger partial charge in [0.2, 0.25) is 0 Å². The number of amides is 1. The van der Waals surface area contributed by atoms with E-state index in [0.717, 1.165) is 36.3 Å². The molecule has 3 rings (SSSR count). The van der Waals surface area contributed by atoms with Gasteiger partial charge in [-0.25, -0.2) is 4.79 Å². The predicted molar refractivity (Wildman–Crippen MR) is 114 cm³/mol. The number of carbonyl (C=O) groups is 2. The number of halogens is 6. The van der Waals surface area contributed by atoms with Crippen molar-refractivity contribution in [2.45, 2.75) is 50.6 Å². The molecule has 1 aromatic heterocycles. The average molecular weight is 519 g/mol. The van der Waals surface area contributed by atoms with E-state index in [9.17, 15) is 41.2 Å². The maximum absolute atomic E-state index is 14.5. The fraction of sp³-hybridized carbons (Fsp3) is 0.409. The number of alkyl halides is 6. The van der Waals surface area contributed by atoms with E-state index in [0.29, 0.717) is 35.4 Å². The van der Waals surface area contributed by atoms with Gasteiger partial charge in [-0.1, -0.05) is 6.07 Å². The van der Waals surface area contributed by atoms with E-state index in [2.05, 4.69) is 4.74 Å². The number of fused-ring (bicyclic) bond motifs is 1. The number of rotatable bonds is 6. The number of nitrogens with one attached hydrogen (secondary N) is 2. The Morgan fingerprint density at radius 2 is 1.83 bits per heavy atom. The molecule has 0 unspecified atom stereocenters. The zero-order valence-corrected chi connectivity index (χ0v) is 19.0. The maximum atomic E-state index is 14.5. The summed E-state index contributed by atoms with van der Waals surface area (Å²) in [5.41, 5.74) is -5.41. The van der Waals surface area contributed by atoms with Crippen molar-refractivity contribution in [3.05, 3.63) is 51.4 Å². The van der Waals surface area contributed by atoms with Crippen LogP contribution in [-0.4, -0.2) is 30.3 Å². The molecule has 13 heteroatoms. The van der Waals surface area contributed by atoms with Crippen molar-refractivity contribution in [1.29, 1.82) is 5.26 Å². The number of nitriles is 1. The summed E-state index contributed by atoms with van der Waals surface area (Å²) in [7, 11) is 0. The summed E-state index contributed by atoms with van der Waals surface area (Å²) in [6.45, 7) is 0.766. The molecule has 1 amide bonds. The lowest BCUT2D eigenvalue weighted by Gasteiger charge is -2.35. The second-order valence-electron chi connectivity index (χ2n) is 7.65. The van der Waals surface area contributed by atoms with E-state index < -0.39 is 47.6 Å². The van der Waals surface area contributed by atoms with Gasteiger partial charge in [0.15, 0.2) is 0 Å². The quantitative estimate of drug-likeness (QED) is 0.312. The van der Waals surface area contributed by atoms with Gasteiger partial charge in [0, 0.05) is 10.4 Å². The molecule has 1 heterocycles. The third-order valence-corrected chi connectivity index (χ3v) is 6.55. The standard InChI is InChI=1S/C22H19F6N3O3S/c1-2-34-19(33)20(22(26,27)28,30-17(32)12-6-5-7-13(10-12)21(23,24)25)31-18-15(11-29)14-8-3-4-9-16(14)35-18/h5-7,10,31H,2-4,8-9H2,1H3,(H,30,32)/t20-/m1/s1. The molecule has 0 saturated carbocycles. The van der Waals surface area contributed by atoms with E-state index in [1.54, 1.807) is 0 Å². The van der Waals surface area contributed by atoms with Crippen molar-refractivity contribution in [3.63, 3.8) is 0 Å². The fourth-order valence-corrected chi connectivity index (χ4v) is 4.95. The average Bonchev–Trinajstić information content (AvgIpc) is 3.14. The van der Waals surface area contributed by atoms with Gasteiger partial charge in [0.05, 0.1) is 17.7 Å². The van der Waals surface area contributed by atoms with Crippen LogP contribution in [0, 0.1) is 11.3 Å². The van der Waals surface area contributed by atoms with Crippen LogP contribution in [0.15, 0.2) is 24.3 Å². The van der Waals surface area contributed by atoms with Gasteiger partial charge >= 0.3 is 24.0 Å². The monoisotopic (exact) mass is 519 g/mol. The van der Waals surface area contributed by atoms with Crippen LogP contribution >= 0.6 is 11.3 Å². The van der Waals surface area contributed by atoms with Crippen LogP contribution in [0.5, 0.6) is 0 Å². The zero-order valence-electron chi connectivity index (χ0n) is 18.2. The molecule has 35 heavy (non-hydrogen) atoms. The molecule has 1 aliphatic rings. The lowest BCUT2D eigenvalue weighted by molar-refractivity contribution is -0.204. The summed E-state index contributed by atoms with van der Waals surface area (Å²) in [4.78, 5) is 26.1. The SMILES string of the molecule is CCOC(=O)[C@@](NC(=O)c1cccc(C(F)(F)F)c1)(Nc1sc2c(c1C#N)CCCC2)C(F)(F)F.